The Labute approximate surface area is 157 Å². The van der Waals surface area contributed by atoms with Crippen molar-refractivity contribution in [3.05, 3.63) is 0 Å². The number of likely N-dealkylation sites (N-methyl/N-ethyl adjacent to an activating group) is 1. The second kappa shape index (κ2) is 8.57. The van der Waals surface area contributed by atoms with Gasteiger partial charge in [0.15, 0.2) is 0 Å². The molecule has 7 nitrogen and oxygen atoms in total. The number of piperazine rings is 1. The van der Waals surface area contributed by atoms with Crippen molar-refractivity contribution >= 4 is 12.0 Å². The van der Waals surface area contributed by atoms with E-state index in [1.165, 1.54) is 0 Å². The van der Waals surface area contributed by atoms with Gasteiger partial charge in [0.1, 0.15) is 5.60 Å². The third kappa shape index (κ3) is 4.49. The Hall–Kier alpha value is -1.34. The van der Waals surface area contributed by atoms with Crippen LogP contribution in [0.15, 0.2) is 0 Å². The van der Waals surface area contributed by atoms with E-state index in [1.54, 1.807) is 0 Å². The summed E-state index contributed by atoms with van der Waals surface area (Å²) in [5.41, 5.74) is -0.367. The summed E-state index contributed by atoms with van der Waals surface area (Å²) in [7, 11) is 0. The molecule has 0 unspecified atom stereocenters. The second-order valence-corrected chi connectivity index (χ2v) is 7.84. The molecule has 3 aliphatic heterocycles. The van der Waals surface area contributed by atoms with Crippen LogP contribution in [0.2, 0.25) is 0 Å². The highest BCUT2D eigenvalue weighted by Gasteiger charge is 2.47. The molecule has 0 aromatic rings. The summed E-state index contributed by atoms with van der Waals surface area (Å²) in [6, 6.07) is 0. The standard InChI is InChI=1S/C19H34N4O3/c1-3-17(24)22-10-6-19(7-11-22)16-23(18(25)26-19)9-5-8-21-14-12-20(4-2)13-15-21/h3-16H2,1-2H3. The van der Waals surface area contributed by atoms with Gasteiger partial charge >= 0.3 is 6.09 Å². The number of piperidine rings is 1. The lowest BCUT2D eigenvalue weighted by atomic mass is 9.91. The zero-order valence-electron chi connectivity index (χ0n) is 16.4. The van der Waals surface area contributed by atoms with Crippen molar-refractivity contribution in [1.82, 2.24) is 19.6 Å². The fourth-order valence-corrected chi connectivity index (χ4v) is 4.33. The number of likely N-dealkylation sites (tertiary alicyclic amines) is 1. The highest BCUT2D eigenvalue weighted by molar-refractivity contribution is 5.76. The molecule has 0 atom stereocenters. The molecule has 3 rings (SSSR count). The van der Waals surface area contributed by atoms with E-state index in [2.05, 4.69) is 16.7 Å². The first-order valence-corrected chi connectivity index (χ1v) is 10.3. The van der Waals surface area contributed by atoms with Crippen LogP contribution in [0.1, 0.15) is 39.5 Å². The van der Waals surface area contributed by atoms with Crippen LogP contribution >= 0.6 is 0 Å². The van der Waals surface area contributed by atoms with Crippen LogP contribution in [0.5, 0.6) is 0 Å². The molecular formula is C19H34N4O3. The van der Waals surface area contributed by atoms with Crippen molar-refractivity contribution in [2.75, 3.05) is 65.4 Å². The van der Waals surface area contributed by atoms with Crippen molar-refractivity contribution in [2.45, 2.75) is 45.1 Å². The molecule has 0 N–H and O–H groups in total. The zero-order chi connectivity index (χ0) is 18.6. The Kier molecular flexibility index (Phi) is 6.40. The lowest BCUT2D eigenvalue weighted by Crippen LogP contribution is -2.48. The van der Waals surface area contributed by atoms with Crippen LogP contribution in [0.25, 0.3) is 0 Å². The predicted molar refractivity (Wildman–Crippen MR) is 100 cm³/mol. The highest BCUT2D eigenvalue weighted by atomic mass is 16.6. The maximum absolute atomic E-state index is 12.3. The third-order valence-electron chi connectivity index (χ3n) is 6.19. The predicted octanol–water partition coefficient (Wildman–Crippen LogP) is 1.24. The number of ether oxygens (including phenoxy) is 1. The van der Waals surface area contributed by atoms with Gasteiger partial charge in [0.05, 0.1) is 6.54 Å². The quantitative estimate of drug-likeness (QED) is 0.708. The molecule has 148 valence electrons. The zero-order valence-corrected chi connectivity index (χ0v) is 16.4. The van der Waals surface area contributed by atoms with Crippen LogP contribution in [0, 0.1) is 0 Å². The van der Waals surface area contributed by atoms with Crippen molar-refractivity contribution < 1.29 is 14.3 Å². The fourth-order valence-electron chi connectivity index (χ4n) is 4.33. The molecule has 0 aromatic carbocycles. The number of carbonyl (C=O) groups is 2. The van der Waals surface area contributed by atoms with Crippen LogP contribution < -0.4 is 0 Å². The molecule has 3 saturated heterocycles. The fraction of sp³-hybridized carbons (Fsp3) is 0.895. The van der Waals surface area contributed by atoms with Gasteiger partial charge < -0.3 is 24.3 Å². The van der Waals surface area contributed by atoms with Crippen molar-refractivity contribution in [2.24, 2.45) is 0 Å². The maximum Gasteiger partial charge on any atom is 0.410 e. The molecule has 0 radical (unpaired) electrons. The van der Waals surface area contributed by atoms with E-state index in [0.29, 0.717) is 26.1 Å². The summed E-state index contributed by atoms with van der Waals surface area (Å²) in [5, 5.41) is 0. The minimum Gasteiger partial charge on any atom is -0.441 e. The minimum atomic E-state index is -0.367. The molecule has 3 fully saturated rings. The van der Waals surface area contributed by atoms with Gasteiger partial charge in [-0.25, -0.2) is 4.79 Å². The summed E-state index contributed by atoms with van der Waals surface area (Å²) in [5.74, 6) is 0.198. The Bertz CT molecular complexity index is 497. The molecule has 0 aromatic heterocycles. The van der Waals surface area contributed by atoms with Gasteiger partial charge in [-0.3, -0.25) is 4.79 Å². The SMILES string of the molecule is CCC(=O)N1CCC2(CC1)CN(CCCN1CCN(CC)CC1)C(=O)O2. The maximum atomic E-state index is 12.3. The molecule has 7 heteroatoms. The summed E-state index contributed by atoms with van der Waals surface area (Å²) < 4.78 is 5.76. The van der Waals surface area contributed by atoms with E-state index >= 15 is 0 Å². The number of nitrogens with zero attached hydrogens (tertiary/aromatic N) is 4. The largest absolute Gasteiger partial charge is 0.441 e. The monoisotopic (exact) mass is 366 g/mol. The smallest absolute Gasteiger partial charge is 0.410 e. The van der Waals surface area contributed by atoms with E-state index in [-0.39, 0.29) is 17.6 Å². The van der Waals surface area contributed by atoms with E-state index in [4.69, 9.17) is 4.74 Å². The molecule has 0 bridgehead atoms. The van der Waals surface area contributed by atoms with Gasteiger partial charge in [0.25, 0.3) is 0 Å². The van der Waals surface area contributed by atoms with Gasteiger partial charge in [-0.15, -0.1) is 0 Å². The third-order valence-corrected chi connectivity index (χ3v) is 6.19. The molecule has 26 heavy (non-hydrogen) atoms. The van der Waals surface area contributed by atoms with Gasteiger partial charge in [-0.1, -0.05) is 13.8 Å². The lowest BCUT2D eigenvalue weighted by Gasteiger charge is -2.37. The second-order valence-electron chi connectivity index (χ2n) is 7.84. The molecule has 1 spiro atoms. The van der Waals surface area contributed by atoms with E-state index in [9.17, 15) is 9.59 Å². The van der Waals surface area contributed by atoms with Crippen LogP contribution in [-0.4, -0.2) is 103 Å². The molecule has 2 amide bonds. The number of hydrogen-bond donors (Lipinski definition) is 0. The minimum absolute atomic E-state index is 0.170. The summed E-state index contributed by atoms with van der Waals surface area (Å²) >= 11 is 0. The molecule has 0 saturated carbocycles. The van der Waals surface area contributed by atoms with Gasteiger partial charge in [0, 0.05) is 65.1 Å². The van der Waals surface area contributed by atoms with Gasteiger partial charge in [0.2, 0.25) is 5.91 Å². The van der Waals surface area contributed by atoms with Crippen LogP contribution in [0.4, 0.5) is 4.79 Å². The van der Waals surface area contributed by atoms with E-state index < -0.39 is 0 Å². The number of amides is 2. The van der Waals surface area contributed by atoms with E-state index in [0.717, 1.165) is 65.1 Å². The van der Waals surface area contributed by atoms with E-state index in [1.807, 2.05) is 16.7 Å². The summed E-state index contributed by atoms with van der Waals surface area (Å²) in [6.45, 7) is 13.7. The molecule has 3 aliphatic rings. The topological polar surface area (TPSA) is 56.3 Å². The first kappa shape index (κ1) is 19.4. The summed E-state index contributed by atoms with van der Waals surface area (Å²) in [6.07, 6.45) is 2.90. The van der Waals surface area contributed by atoms with Gasteiger partial charge in [-0.05, 0) is 19.5 Å². The summed E-state index contributed by atoms with van der Waals surface area (Å²) in [4.78, 5) is 32.9. The van der Waals surface area contributed by atoms with Crippen LogP contribution in [0.3, 0.4) is 0 Å². The number of hydrogen-bond acceptors (Lipinski definition) is 5. The first-order valence-electron chi connectivity index (χ1n) is 10.3. The Morgan fingerprint density at radius 3 is 2.27 bits per heavy atom. The number of carbonyl (C=O) groups excluding carboxylic acids is 2. The normalized spacial score (nSPS) is 24.3. The van der Waals surface area contributed by atoms with Gasteiger partial charge in [-0.2, -0.15) is 0 Å². The average Bonchev–Trinajstić information content (AvgIpc) is 2.97. The molecular weight excluding hydrogens is 332 g/mol. The number of rotatable bonds is 6. The Morgan fingerprint density at radius 1 is 1.00 bits per heavy atom. The Balaban J connectivity index is 1.39. The highest BCUT2D eigenvalue weighted by Crippen LogP contribution is 2.33. The Morgan fingerprint density at radius 2 is 1.65 bits per heavy atom. The lowest BCUT2D eigenvalue weighted by molar-refractivity contribution is -0.134. The van der Waals surface area contributed by atoms with Crippen molar-refractivity contribution in [3.8, 4) is 0 Å². The van der Waals surface area contributed by atoms with Crippen LogP contribution in [-0.2, 0) is 9.53 Å². The first-order chi connectivity index (χ1) is 12.5. The van der Waals surface area contributed by atoms with Crippen molar-refractivity contribution in [1.29, 1.82) is 0 Å². The van der Waals surface area contributed by atoms with Crippen molar-refractivity contribution in [3.63, 3.8) is 0 Å². The average molecular weight is 367 g/mol. The molecule has 0 aliphatic carbocycles. The molecule has 3 heterocycles.